The molecule has 6 nitrogen and oxygen atoms in total. The third kappa shape index (κ3) is 4.69. The SMILES string of the molecule is CC(OC(=O)c1ccc2c(c1)NC(=O)CS2)C(=O)N(C)Cc1cccc(F)c1. The maximum absolute atomic E-state index is 13.3. The van der Waals surface area contributed by atoms with Crippen molar-refractivity contribution in [3.05, 3.63) is 59.4 Å². The first kappa shape index (κ1) is 19.9. The van der Waals surface area contributed by atoms with E-state index >= 15 is 0 Å². The van der Waals surface area contributed by atoms with Gasteiger partial charge in [-0.05, 0) is 42.8 Å². The van der Waals surface area contributed by atoms with Crippen LogP contribution in [0.25, 0.3) is 0 Å². The van der Waals surface area contributed by atoms with Crippen molar-refractivity contribution in [2.75, 3.05) is 18.1 Å². The van der Waals surface area contributed by atoms with Gasteiger partial charge in [0.25, 0.3) is 5.91 Å². The van der Waals surface area contributed by atoms with Crippen molar-refractivity contribution >= 4 is 35.2 Å². The van der Waals surface area contributed by atoms with E-state index in [-0.39, 0.29) is 23.8 Å². The minimum Gasteiger partial charge on any atom is -0.449 e. The van der Waals surface area contributed by atoms with E-state index in [0.717, 1.165) is 4.90 Å². The van der Waals surface area contributed by atoms with E-state index in [4.69, 9.17) is 4.74 Å². The number of ether oxygens (including phenoxy) is 1. The smallest absolute Gasteiger partial charge is 0.338 e. The Kier molecular flexibility index (Phi) is 5.99. The van der Waals surface area contributed by atoms with E-state index in [0.29, 0.717) is 17.0 Å². The Morgan fingerprint density at radius 1 is 1.29 bits per heavy atom. The lowest BCUT2D eigenvalue weighted by Crippen LogP contribution is -2.37. The zero-order chi connectivity index (χ0) is 20.3. The summed E-state index contributed by atoms with van der Waals surface area (Å²) >= 11 is 1.39. The molecule has 8 heteroatoms. The number of anilines is 1. The highest BCUT2D eigenvalue weighted by Gasteiger charge is 2.24. The Bertz CT molecular complexity index is 934. The van der Waals surface area contributed by atoms with Gasteiger partial charge in [0, 0.05) is 18.5 Å². The lowest BCUT2D eigenvalue weighted by atomic mass is 10.2. The number of fused-ring (bicyclic) bond motifs is 1. The molecule has 1 unspecified atom stereocenters. The number of rotatable bonds is 5. The van der Waals surface area contributed by atoms with Gasteiger partial charge >= 0.3 is 5.97 Å². The Balaban J connectivity index is 1.62. The van der Waals surface area contributed by atoms with Crippen molar-refractivity contribution < 1.29 is 23.5 Å². The first-order valence-electron chi connectivity index (χ1n) is 8.60. The second-order valence-corrected chi connectivity index (χ2v) is 7.44. The molecule has 2 amide bonds. The predicted octanol–water partition coefficient (Wildman–Crippen LogP) is 3.07. The number of benzene rings is 2. The van der Waals surface area contributed by atoms with E-state index in [1.54, 1.807) is 31.3 Å². The van der Waals surface area contributed by atoms with E-state index in [9.17, 15) is 18.8 Å². The maximum Gasteiger partial charge on any atom is 0.338 e. The maximum atomic E-state index is 13.3. The number of thioether (sulfide) groups is 1. The summed E-state index contributed by atoms with van der Waals surface area (Å²) in [6, 6.07) is 10.8. The first-order valence-corrected chi connectivity index (χ1v) is 9.59. The standard InChI is InChI=1S/C20H19FN2O4S/c1-12(19(25)23(2)10-13-4-3-5-15(21)8-13)27-20(26)14-6-7-17-16(9-14)22-18(24)11-28-17/h3-9,12H,10-11H2,1-2H3,(H,22,24). The van der Waals surface area contributed by atoms with E-state index < -0.39 is 18.0 Å². The summed E-state index contributed by atoms with van der Waals surface area (Å²) < 4.78 is 18.6. The number of esters is 1. The summed E-state index contributed by atoms with van der Waals surface area (Å²) in [7, 11) is 1.56. The molecule has 28 heavy (non-hydrogen) atoms. The number of carbonyl (C=O) groups excluding carboxylic acids is 3. The molecule has 3 rings (SSSR count). The molecule has 2 aromatic carbocycles. The molecule has 0 fully saturated rings. The summed E-state index contributed by atoms with van der Waals surface area (Å²) in [4.78, 5) is 38.6. The van der Waals surface area contributed by atoms with E-state index in [1.165, 1.54) is 41.8 Å². The van der Waals surface area contributed by atoms with Crippen LogP contribution in [0.4, 0.5) is 10.1 Å². The van der Waals surface area contributed by atoms with E-state index in [2.05, 4.69) is 5.32 Å². The first-order chi connectivity index (χ1) is 13.3. The van der Waals surface area contributed by atoms with Gasteiger partial charge in [-0.1, -0.05) is 12.1 Å². The number of nitrogens with one attached hydrogen (secondary N) is 1. The Morgan fingerprint density at radius 2 is 2.07 bits per heavy atom. The Hall–Kier alpha value is -2.87. The van der Waals surface area contributed by atoms with Gasteiger partial charge in [0.2, 0.25) is 5.91 Å². The third-order valence-electron chi connectivity index (χ3n) is 4.16. The molecule has 0 saturated carbocycles. The van der Waals surface area contributed by atoms with Crippen LogP contribution in [0, 0.1) is 5.82 Å². The number of nitrogens with zero attached hydrogens (tertiary/aromatic N) is 1. The van der Waals surface area contributed by atoms with Gasteiger partial charge in [-0.15, -0.1) is 11.8 Å². The van der Waals surface area contributed by atoms with Crippen molar-refractivity contribution in [3.8, 4) is 0 Å². The van der Waals surface area contributed by atoms with Gasteiger partial charge in [-0.3, -0.25) is 9.59 Å². The topological polar surface area (TPSA) is 75.7 Å². The van der Waals surface area contributed by atoms with Crippen LogP contribution in [0.1, 0.15) is 22.8 Å². The van der Waals surface area contributed by atoms with Crippen LogP contribution in [0.15, 0.2) is 47.4 Å². The third-order valence-corrected chi connectivity index (χ3v) is 5.24. The summed E-state index contributed by atoms with van der Waals surface area (Å²) in [5, 5.41) is 2.71. The number of halogens is 1. The fourth-order valence-electron chi connectivity index (χ4n) is 2.79. The number of hydrogen-bond acceptors (Lipinski definition) is 5. The molecule has 1 aliphatic heterocycles. The van der Waals surface area contributed by atoms with Crippen molar-refractivity contribution in [2.24, 2.45) is 0 Å². The molecular formula is C20H19FN2O4S. The second-order valence-electron chi connectivity index (χ2n) is 6.42. The van der Waals surface area contributed by atoms with Gasteiger partial charge in [0.1, 0.15) is 5.82 Å². The lowest BCUT2D eigenvalue weighted by molar-refractivity contribution is -0.139. The molecular weight excluding hydrogens is 383 g/mol. The molecule has 0 aromatic heterocycles. The highest BCUT2D eigenvalue weighted by atomic mass is 32.2. The molecule has 146 valence electrons. The number of likely N-dealkylation sites (N-methyl/N-ethyl adjacent to an activating group) is 1. The van der Waals surface area contributed by atoms with Gasteiger partial charge in [-0.2, -0.15) is 0 Å². The molecule has 1 atom stereocenters. The minimum atomic E-state index is -1.01. The van der Waals surface area contributed by atoms with Gasteiger partial charge in [0.05, 0.1) is 17.0 Å². The number of hydrogen-bond donors (Lipinski definition) is 1. The summed E-state index contributed by atoms with van der Waals surface area (Å²) in [6.45, 7) is 1.68. The summed E-state index contributed by atoms with van der Waals surface area (Å²) in [5.74, 6) is -1.24. The number of amides is 2. The van der Waals surface area contributed by atoms with E-state index in [1.807, 2.05) is 0 Å². The van der Waals surface area contributed by atoms with Crippen molar-refractivity contribution in [2.45, 2.75) is 24.5 Å². The normalized spacial score (nSPS) is 13.9. The quantitative estimate of drug-likeness (QED) is 0.778. The van der Waals surface area contributed by atoms with Gasteiger partial charge in [0.15, 0.2) is 6.10 Å². The number of carbonyl (C=O) groups is 3. The second kappa shape index (κ2) is 8.43. The summed E-state index contributed by atoms with van der Waals surface area (Å²) in [5.41, 5.74) is 1.43. The zero-order valence-corrected chi connectivity index (χ0v) is 16.2. The molecule has 0 radical (unpaired) electrons. The van der Waals surface area contributed by atoms with Crippen molar-refractivity contribution in [3.63, 3.8) is 0 Å². The lowest BCUT2D eigenvalue weighted by Gasteiger charge is -2.22. The molecule has 0 spiro atoms. The molecule has 0 bridgehead atoms. The van der Waals surface area contributed by atoms with Gasteiger partial charge < -0.3 is 15.0 Å². The zero-order valence-electron chi connectivity index (χ0n) is 15.4. The van der Waals surface area contributed by atoms with Crippen molar-refractivity contribution in [1.82, 2.24) is 4.90 Å². The van der Waals surface area contributed by atoms with Crippen LogP contribution < -0.4 is 5.32 Å². The van der Waals surface area contributed by atoms with Crippen LogP contribution >= 0.6 is 11.8 Å². The van der Waals surface area contributed by atoms with Crippen LogP contribution in [0.5, 0.6) is 0 Å². The fraction of sp³-hybridized carbons (Fsp3) is 0.250. The van der Waals surface area contributed by atoms with Crippen LogP contribution in [0.3, 0.4) is 0 Å². The Labute approximate surface area is 166 Å². The monoisotopic (exact) mass is 402 g/mol. The highest BCUT2D eigenvalue weighted by molar-refractivity contribution is 8.00. The fourth-order valence-corrected chi connectivity index (χ4v) is 3.58. The van der Waals surface area contributed by atoms with Crippen LogP contribution in [-0.4, -0.2) is 41.6 Å². The molecule has 1 heterocycles. The molecule has 0 saturated heterocycles. The molecule has 2 aromatic rings. The highest BCUT2D eigenvalue weighted by Crippen LogP contribution is 2.32. The average molecular weight is 402 g/mol. The van der Waals surface area contributed by atoms with Crippen LogP contribution in [-0.2, 0) is 20.9 Å². The van der Waals surface area contributed by atoms with Crippen molar-refractivity contribution in [1.29, 1.82) is 0 Å². The largest absolute Gasteiger partial charge is 0.449 e. The minimum absolute atomic E-state index is 0.134. The molecule has 0 aliphatic carbocycles. The summed E-state index contributed by atoms with van der Waals surface area (Å²) in [6.07, 6.45) is -1.01. The average Bonchev–Trinajstić information content (AvgIpc) is 2.66. The Morgan fingerprint density at radius 3 is 2.82 bits per heavy atom. The van der Waals surface area contributed by atoms with Crippen LogP contribution in [0.2, 0.25) is 0 Å². The predicted molar refractivity (Wildman–Crippen MR) is 104 cm³/mol. The molecule has 1 aliphatic rings. The van der Waals surface area contributed by atoms with Gasteiger partial charge in [-0.25, -0.2) is 9.18 Å². The molecule has 1 N–H and O–H groups in total.